The van der Waals surface area contributed by atoms with E-state index in [1.54, 1.807) is 0 Å². The molecule has 1 aromatic rings. The third-order valence-electron chi connectivity index (χ3n) is 3.87. The molecule has 1 fully saturated rings. The number of carbonyl (C=O) groups excluding carboxylic acids is 1. The maximum atomic E-state index is 11.9. The smallest absolute Gasteiger partial charge is 0.407 e. The lowest BCUT2D eigenvalue weighted by atomic mass is 10.1. The first kappa shape index (κ1) is 18.0. The van der Waals surface area contributed by atoms with Gasteiger partial charge in [0.25, 0.3) is 0 Å². The third-order valence-corrected chi connectivity index (χ3v) is 4.21. The van der Waals surface area contributed by atoms with E-state index in [0.717, 1.165) is 30.1 Å². The molecule has 0 bridgehead atoms. The number of nitrogens with one attached hydrogen (secondary N) is 1. The Morgan fingerprint density at radius 3 is 2.78 bits per heavy atom. The van der Waals surface area contributed by atoms with Crippen molar-refractivity contribution in [3.05, 3.63) is 34.9 Å². The van der Waals surface area contributed by atoms with Crippen LogP contribution in [0, 0.1) is 0 Å². The molecule has 1 aromatic carbocycles. The summed E-state index contributed by atoms with van der Waals surface area (Å²) in [7, 11) is 0. The van der Waals surface area contributed by atoms with E-state index in [0.29, 0.717) is 6.54 Å². The van der Waals surface area contributed by atoms with E-state index in [4.69, 9.17) is 22.1 Å². The summed E-state index contributed by atoms with van der Waals surface area (Å²) in [6.45, 7) is 7.67. The number of nitrogens with two attached hydrogens (primary N) is 1. The number of carbonyl (C=O) groups is 1. The number of hydrogen-bond acceptors (Lipinski definition) is 4. The van der Waals surface area contributed by atoms with Crippen LogP contribution in [-0.4, -0.2) is 42.3 Å². The van der Waals surface area contributed by atoms with Crippen molar-refractivity contribution in [1.82, 2.24) is 10.2 Å². The fourth-order valence-corrected chi connectivity index (χ4v) is 3.14. The number of halogens is 1. The van der Waals surface area contributed by atoms with Gasteiger partial charge < -0.3 is 15.8 Å². The van der Waals surface area contributed by atoms with Gasteiger partial charge in [-0.2, -0.15) is 0 Å². The van der Waals surface area contributed by atoms with Crippen molar-refractivity contribution < 1.29 is 9.53 Å². The summed E-state index contributed by atoms with van der Waals surface area (Å²) in [6.07, 6.45) is 0.506. The van der Waals surface area contributed by atoms with Gasteiger partial charge >= 0.3 is 6.09 Å². The van der Waals surface area contributed by atoms with Crippen molar-refractivity contribution in [2.45, 2.75) is 44.9 Å². The SMILES string of the molecule is CC(C)(C)OC(=O)N[C@@H]1CCN([C@H](CN)c2ccccc2Cl)C1. The van der Waals surface area contributed by atoms with Crippen molar-refractivity contribution in [3.63, 3.8) is 0 Å². The molecule has 0 saturated carbocycles. The van der Waals surface area contributed by atoms with Crippen LogP contribution in [-0.2, 0) is 4.74 Å². The molecule has 0 spiro atoms. The van der Waals surface area contributed by atoms with Crippen LogP contribution in [0.25, 0.3) is 0 Å². The number of ether oxygens (including phenoxy) is 1. The highest BCUT2D eigenvalue weighted by molar-refractivity contribution is 6.31. The second kappa shape index (κ2) is 7.51. The average molecular weight is 340 g/mol. The summed E-state index contributed by atoms with van der Waals surface area (Å²) in [5.74, 6) is 0. The van der Waals surface area contributed by atoms with Gasteiger partial charge in [0.2, 0.25) is 0 Å². The molecule has 1 aliphatic heterocycles. The molecule has 6 heteroatoms. The van der Waals surface area contributed by atoms with E-state index >= 15 is 0 Å². The lowest BCUT2D eigenvalue weighted by molar-refractivity contribution is 0.0504. The monoisotopic (exact) mass is 339 g/mol. The van der Waals surface area contributed by atoms with Gasteiger partial charge in [0.1, 0.15) is 5.60 Å². The van der Waals surface area contributed by atoms with E-state index in [1.165, 1.54) is 0 Å². The minimum Gasteiger partial charge on any atom is -0.444 e. The van der Waals surface area contributed by atoms with E-state index in [-0.39, 0.29) is 18.2 Å². The number of benzene rings is 1. The van der Waals surface area contributed by atoms with E-state index in [9.17, 15) is 4.79 Å². The lowest BCUT2D eigenvalue weighted by Crippen LogP contribution is -2.41. The maximum Gasteiger partial charge on any atom is 0.407 e. The quantitative estimate of drug-likeness (QED) is 0.885. The zero-order chi connectivity index (χ0) is 17.0. The van der Waals surface area contributed by atoms with Gasteiger partial charge in [0.15, 0.2) is 0 Å². The molecule has 0 aliphatic carbocycles. The van der Waals surface area contributed by atoms with E-state index in [2.05, 4.69) is 10.2 Å². The van der Waals surface area contributed by atoms with Gasteiger partial charge in [-0.05, 0) is 38.8 Å². The molecule has 1 amide bonds. The van der Waals surface area contributed by atoms with Gasteiger partial charge in [0.05, 0.1) is 0 Å². The third kappa shape index (κ3) is 5.09. The van der Waals surface area contributed by atoms with Crippen molar-refractivity contribution >= 4 is 17.7 Å². The Kier molecular flexibility index (Phi) is 5.89. The molecule has 23 heavy (non-hydrogen) atoms. The first-order chi connectivity index (χ1) is 10.8. The highest BCUT2D eigenvalue weighted by Gasteiger charge is 2.31. The zero-order valence-electron chi connectivity index (χ0n) is 14.0. The molecule has 1 aliphatic rings. The molecule has 0 unspecified atom stereocenters. The number of nitrogens with zero attached hydrogens (tertiary/aromatic N) is 1. The number of alkyl carbamates (subject to hydrolysis) is 1. The van der Waals surface area contributed by atoms with Crippen LogP contribution in [0.15, 0.2) is 24.3 Å². The van der Waals surface area contributed by atoms with Crippen LogP contribution in [0.5, 0.6) is 0 Å². The summed E-state index contributed by atoms with van der Waals surface area (Å²) in [5, 5.41) is 3.66. The Bertz CT molecular complexity index is 545. The summed E-state index contributed by atoms with van der Waals surface area (Å²) in [5.41, 5.74) is 6.52. The molecule has 5 nitrogen and oxygen atoms in total. The first-order valence-electron chi connectivity index (χ1n) is 7.98. The summed E-state index contributed by atoms with van der Waals surface area (Å²) >= 11 is 6.30. The fraction of sp³-hybridized carbons (Fsp3) is 0.588. The molecule has 0 radical (unpaired) electrons. The largest absolute Gasteiger partial charge is 0.444 e. The van der Waals surface area contributed by atoms with Gasteiger partial charge in [-0.3, -0.25) is 4.90 Å². The number of hydrogen-bond donors (Lipinski definition) is 2. The highest BCUT2D eigenvalue weighted by Crippen LogP contribution is 2.29. The van der Waals surface area contributed by atoms with Crippen molar-refractivity contribution in [2.75, 3.05) is 19.6 Å². The molecular formula is C17H26ClN3O2. The molecule has 1 heterocycles. The zero-order valence-corrected chi connectivity index (χ0v) is 14.8. The lowest BCUT2D eigenvalue weighted by Gasteiger charge is -2.28. The van der Waals surface area contributed by atoms with Crippen LogP contribution in [0.3, 0.4) is 0 Å². The number of rotatable bonds is 4. The van der Waals surface area contributed by atoms with Crippen LogP contribution in [0.2, 0.25) is 5.02 Å². The molecule has 128 valence electrons. The topological polar surface area (TPSA) is 67.6 Å². The van der Waals surface area contributed by atoms with E-state index in [1.807, 2.05) is 45.0 Å². The number of amides is 1. The van der Waals surface area contributed by atoms with E-state index < -0.39 is 5.60 Å². The molecule has 1 saturated heterocycles. The van der Waals surface area contributed by atoms with Crippen LogP contribution in [0.1, 0.15) is 38.8 Å². The first-order valence-corrected chi connectivity index (χ1v) is 8.36. The highest BCUT2D eigenvalue weighted by atomic mass is 35.5. The summed E-state index contributed by atoms with van der Waals surface area (Å²) in [6, 6.07) is 7.91. The second-order valence-electron chi connectivity index (χ2n) is 6.90. The predicted octanol–water partition coefficient (Wildman–Crippen LogP) is 2.94. The minimum absolute atomic E-state index is 0.0640. The minimum atomic E-state index is -0.486. The second-order valence-corrected chi connectivity index (χ2v) is 7.31. The Hall–Kier alpha value is -1.30. The Labute approximate surface area is 143 Å². The van der Waals surface area contributed by atoms with Crippen molar-refractivity contribution in [2.24, 2.45) is 5.73 Å². The standard InChI is InChI=1S/C17H26ClN3O2/c1-17(2,3)23-16(22)20-12-8-9-21(11-12)15(10-19)13-6-4-5-7-14(13)18/h4-7,12,15H,8-11,19H2,1-3H3,(H,20,22)/t12-,15-/m1/s1. The van der Waals surface area contributed by atoms with Crippen molar-refractivity contribution in [3.8, 4) is 0 Å². The van der Waals surface area contributed by atoms with Gasteiger partial charge in [-0.15, -0.1) is 0 Å². The van der Waals surface area contributed by atoms with Gasteiger partial charge in [0, 0.05) is 36.7 Å². The van der Waals surface area contributed by atoms with Crippen molar-refractivity contribution in [1.29, 1.82) is 0 Å². The summed E-state index contributed by atoms with van der Waals surface area (Å²) < 4.78 is 5.31. The van der Waals surface area contributed by atoms with Gasteiger partial charge in [-0.1, -0.05) is 29.8 Å². The predicted molar refractivity (Wildman–Crippen MR) is 92.6 cm³/mol. The molecular weight excluding hydrogens is 314 g/mol. The normalized spacial score (nSPS) is 20.3. The summed E-state index contributed by atoms with van der Waals surface area (Å²) in [4.78, 5) is 14.2. The molecule has 2 rings (SSSR count). The molecule has 3 N–H and O–H groups in total. The average Bonchev–Trinajstić information content (AvgIpc) is 2.87. The van der Waals surface area contributed by atoms with Crippen LogP contribution >= 0.6 is 11.6 Å². The Morgan fingerprint density at radius 2 is 2.17 bits per heavy atom. The number of likely N-dealkylation sites (tertiary alicyclic amines) is 1. The van der Waals surface area contributed by atoms with Gasteiger partial charge in [-0.25, -0.2) is 4.79 Å². The molecule has 0 aromatic heterocycles. The Balaban J connectivity index is 1.96. The molecule has 2 atom stereocenters. The van der Waals surface area contributed by atoms with Crippen LogP contribution in [0.4, 0.5) is 4.79 Å². The fourth-order valence-electron chi connectivity index (χ4n) is 2.88. The Morgan fingerprint density at radius 1 is 1.48 bits per heavy atom. The maximum absolute atomic E-state index is 11.9. The van der Waals surface area contributed by atoms with Crippen LogP contribution < -0.4 is 11.1 Å².